The first kappa shape index (κ1) is 11.1. The largest absolute Gasteiger partial charge is 0.390 e. The summed E-state index contributed by atoms with van der Waals surface area (Å²) in [6.07, 6.45) is 3.31. The van der Waals surface area contributed by atoms with Crippen molar-refractivity contribution in [1.29, 1.82) is 0 Å². The number of H-pyrrole nitrogens is 1. The molecule has 0 unspecified atom stereocenters. The number of aliphatic hydroxyl groups is 1. The molecule has 0 saturated carbocycles. The maximum atomic E-state index is 12.1. The zero-order chi connectivity index (χ0) is 12.4. The van der Waals surface area contributed by atoms with E-state index >= 15 is 0 Å². The van der Waals surface area contributed by atoms with Gasteiger partial charge < -0.3 is 10.2 Å². The van der Waals surface area contributed by atoms with E-state index in [1.165, 1.54) is 10.7 Å². The lowest BCUT2D eigenvalue weighted by Crippen LogP contribution is -2.22. The zero-order valence-electron chi connectivity index (χ0n) is 8.97. The Morgan fingerprint density at radius 3 is 3.06 bits per heavy atom. The van der Waals surface area contributed by atoms with Crippen LogP contribution in [-0.4, -0.2) is 19.7 Å². The van der Waals surface area contributed by atoms with Gasteiger partial charge in [-0.15, -0.1) is 6.58 Å². The Kier molecular flexibility index (Phi) is 2.77. The summed E-state index contributed by atoms with van der Waals surface area (Å²) in [7, 11) is 0. The van der Waals surface area contributed by atoms with Gasteiger partial charge in [0.1, 0.15) is 0 Å². The molecular formula is C11H10N4O2. The first-order valence-electron chi connectivity index (χ1n) is 4.94. The molecule has 0 radical (unpaired) electrons. The van der Waals surface area contributed by atoms with Crippen molar-refractivity contribution in [2.45, 2.75) is 13.0 Å². The monoisotopic (exact) mass is 230 g/mol. The number of hydrogen-bond donors (Lipinski definition) is 2. The molecule has 2 rings (SSSR count). The SMILES string of the molecule is [C-]#[N+]c1c[nH]n2c(=O)c(CC=C)c(CO)nc12. The molecule has 6 heteroatoms. The summed E-state index contributed by atoms with van der Waals surface area (Å²) in [5.41, 5.74) is 0.857. The molecule has 6 nitrogen and oxygen atoms in total. The van der Waals surface area contributed by atoms with Gasteiger partial charge in [0, 0.05) is 11.8 Å². The predicted octanol–water partition coefficient (Wildman–Crippen LogP) is 0.794. The Hall–Kier alpha value is -2.39. The average molecular weight is 230 g/mol. The van der Waals surface area contributed by atoms with Crippen molar-refractivity contribution >= 4 is 11.3 Å². The second kappa shape index (κ2) is 4.23. The fourth-order valence-corrected chi connectivity index (χ4v) is 1.64. The number of hydrogen-bond acceptors (Lipinski definition) is 3. The van der Waals surface area contributed by atoms with Crippen LogP contribution in [-0.2, 0) is 13.0 Å². The van der Waals surface area contributed by atoms with Gasteiger partial charge in [0.2, 0.25) is 5.69 Å². The molecule has 0 aliphatic rings. The highest BCUT2D eigenvalue weighted by Crippen LogP contribution is 2.17. The van der Waals surface area contributed by atoms with Crippen molar-refractivity contribution < 1.29 is 5.11 Å². The molecular weight excluding hydrogens is 220 g/mol. The van der Waals surface area contributed by atoms with Gasteiger partial charge in [-0.1, -0.05) is 6.08 Å². The molecule has 2 heterocycles. The van der Waals surface area contributed by atoms with Gasteiger partial charge in [0.25, 0.3) is 5.56 Å². The van der Waals surface area contributed by atoms with Gasteiger partial charge in [-0.05, 0) is 6.42 Å². The summed E-state index contributed by atoms with van der Waals surface area (Å²) >= 11 is 0. The number of aromatic nitrogens is 3. The second-order valence-corrected chi connectivity index (χ2v) is 3.42. The van der Waals surface area contributed by atoms with Crippen LogP contribution >= 0.6 is 0 Å². The molecule has 0 aromatic carbocycles. The highest BCUT2D eigenvalue weighted by atomic mass is 16.3. The molecule has 0 aliphatic heterocycles. The van der Waals surface area contributed by atoms with Crippen LogP contribution in [0.15, 0.2) is 23.6 Å². The van der Waals surface area contributed by atoms with E-state index < -0.39 is 0 Å². The number of nitrogens with zero attached hydrogens (tertiary/aromatic N) is 3. The van der Waals surface area contributed by atoms with Crippen molar-refractivity contribution in [1.82, 2.24) is 14.6 Å². The van der Waals surface area contributed by atoms with E-state index in [2.05, 4.69) is 21.5 Å². The highest BCUT2D eigenvalue weighted by molar-refractivity contribution is 5.67. The molecule has 0 aliphatic carbocycles. The standard InChI is InChI=1S/C11H10N4O2/c1-3-4-7-9(6-16)14-10-8(12-2)5-13-15(10)11(7)17/h3,5,13,16H,1,4,6H2. The molecule has 0 bridgehead atoms. The maximum Gasteiger partial charge on any atom is 0.275 e. The van der Waals surface area contributed by atoms with Crippen molar-refractivity contribution in [3.63, 3.8) is 0 Å². The first-order valence-corrected chi connectivity index (χ1v) is 4.94. The Balaban J connectivity index is 2.85. The lowest BCUT2D eigenvalue weighted by atomic mass is 10.1. The lowest BCUT2D eigenvalue weighted by molar-refractivity contribution is 0.275. The summed E-state index contributed by atoms with van der Waals surface area (Å²) in [5.74, 6) is 0. The molecule has 2 aromatic rings. The molecule has 2 N–H and O–H groups in total. The third-order valence-corrected chi connectivity index (χ3v) is 2.44. The van der Waals surface area contributed by atoms with E-state index in [0.717, 1.165) is 0 Å². The number of nitrogens with one attached hydrogen (secondary N) is 1. The minimum Gasteiger partial charge on any atom is -0.390 e. The van der Waals surface area contributed by atoms with E-state index in [0.29, 0.717) is 17.7 Å². The number of aliphatic hydroxyl groups excluding tert-OH is 1. The molecule has 0 saturated heterocycles. The van der Waals surface area contributed by atoms with Crippen LogP contribution in [0.2, 0.25) is 0 Å². The molecule has 0 spiro atoms. The second-order valence-electron chi connectivity index (χ2n) is 3.42. The van der Waals surface area contributed by atoms with Crippen molar-refractivity contribution in [3.8, 4) is 0 Å². The Bertz CT molecular complexity index is 675. The number of allylic oxidation sites excluding steroid dienone is 1. The molecule has 2 aromatic heterocycles. The predicted molar refractivity (Wildman–Crippen MR) is 61.9 cm³/mol. The Morgan fingerprint density at radius 2 is 2.47 bits per heavy atom. The molecule has 0 amide bonds. The van der Waals surface area contributed by atoms with Crippen molar-refractivity contribution in [2.75, 3.05) is 0 Å². The average Bonchev–Trinajstić information content (AvgIpc) is 2.75. The zero-order valence-corrected chi connectivity index (χ0v) is 8.97. The van der Waals surface area contributed by atoms with Gasteiger partial charge in [0.05, 0.1) is 18.9 Å². The van der Waals surface area contributed by atoms with Crippen LogP contribution in [0.25, 0.3) is 10.5 Å². The molecule has 0 atom stereocenters. The maximum absolute atomic E-state index is 12.1. The van der Waals surface area contributed by atoms with E-state index in [-0.39, 0.29) is 23.5 Å². The third-order valence-electron chi connectivity index (χ3n) is 2.44. The number of fused-ring (bicyclic) bond motifs is 1. The van der Waals surface area contributed by atoms with Crippen LogP contribution in [0, 0.1) is 6.57 Å². The number of aromatic amines is 1. The minimum atomic E-state index is -0.336. The van der Waals surface area contributed by atoms with Gasteiger partial charge in [-0.3, -0.25) is 4.79 Å². The van der Waals surface area contributed by atoms with Crippen LogP contribution in [0.5, 0.6) is 0 Å². The first-order chi connectivity index (χ1) is 8.22. The fourth-order valence-electron chi connectivity index (χ4n) is 1.64. The van der Waals surface area contributed by atoms with Crippen molar-refractivity contribution in [2.24, 2.45) is 0 Å². The normalized spacial score (nSPS) is 10.4. The topological polar surface area (TPSA) is 74.8 Å². The Morgan fingerprint density at radius 1 is 1.71 bits per heavy atom. The fraction of sp³-hybridized carbons (Fsp3) is 0.182. The van der Waals surface area contributed by atoms with Crippen LogP contribution in [0.1, 0.15) is 11.3 Å². The van der Waals surface area contributed by atoms with Gasteiger partial charge in [0.15, 0.2) is 5.65 Å². The highest BCUT2D eigenvalue weighted by Gasteiger charge is 2.14. The summed E-state index contributed by atoms with van der Waals surface area (Å²) in [6.45, 7) is 10.2. The molecule has 17 heavy (non-hydrogen) atoms. The van der Waals surface area contributed by atoms with E-state index in [1.54, 1.807) is 6.08 Å². The summed E-state index contributed by atoms with van der Waals surface area (Å²) < 4.78 is 1.20. The van der Waals surface area contributed by atoms with Gasteiger partial charge in [-0.2, -0.15) is 0 Å². The summed E-state index contributed by atoms with van der Waals surface area (Å²) in [4.78, 5) is 19.4. The van der Waals surface area contributed by atoms with E-state index in [4.69, 9.17) is 6.57 Å². The minimum absolute atomic E-state index is 0.238. The smallest absolute Gasteiger partial charge is 0.275 e. The van der Waals surface area contributed by atoms with Gasteiger partial charge in [-0.25, -0.2) is 14.3 Å². The summed E-state index contributed by atoms with van der Waals surface area (Å²) in [6, 6.07) is 0. The van der Waals surface area contributed by atoms with E-state index in [9.17, 15) is 9.90 Å². The van der Waals surface area contributed by atoms with E-state index in [1.807, 2.05) is 0 Å². The van der Waals surface area contributed by atoms with Crippen LogP contribution in [0.4, 0.5) is 5.69 Å². The summed E-state index contributed by atoms with van der Waals surface area (Å²) in [5, 5.41) is 11.9. The molecule has 0 fully saturated rings. The van der Waals surface area contributed by atoms with Crippen molar-refractivity contribution in [3.05, 3.63) is 51.9 Å². The van der Waals surface area contributed by atoms with Crippen LogP contribution in [0.3, 0.4) is 0 Å². The molecule has 86 valence electrons. The third kappa shape index (κ3) is 1.62. The number of rotatable bonds is 3. The van der Waals surface area contributed by atoms with Crippen LogP contribution < -0.4 is 5.56 Å². The Labute approximate surface area is 96.7 Å². The van der Waals surface area contributed by atoms with Gasteiger partial charge >= 0.3 is 0 Å². The quantitative estimate of drug-likeness (QED) is 0.604. The lowest BCUT2D eigenvalue weighted by Gasteiger charge is -2.04.